The van der Waals surface area contributed by atoms with Crippen LogP contribution in [0, 0.1) is 24.2 Å². The third kappa shape index (κ3) is 6.86. The fraction of sp³-hybridized carbons (Fsp3) is 0.341. The van der Waals surface area contributed by atoms with Crippen molar-refractivity contribution in [2.24, 2.45) is 5.92 Å². The molecule has 5 aromatic rings. The topological polar surface area (TPSA) is 163 Å². The zero-order valence-electron chi connectivity index (χ0n) is 29.9. The molecular weight excluding hydrogens is 708 g/mol. The average molecular weight is 747 g/mol. The van der Waals surface area contributed by atoms with Crippen molar-refractivity contribution in [3.8, 4) is 40.4 Å². The van der Waals surface area contributed by atoms with Gasteiger partial charge in [0.15, 0.2) is 5.58 Å². The minimum Gasteiger partial charge on any atom is -0.481 e. The Morgan fingerprint density at radius 3 is 2.65 bits per heavy atom. The van der Waals surface area contributed by atoms with Gasteiger partial charge in [0.1, 0.15) is 22.7 Å². The number of carbonyl (C=O) groups excluding carboxylic acids is 1. The number of hydrogen-bond donors (Lipinski definition) is 3. The van der Waals surface area contributed by atoms with Crippen molar-refractivity contribution in [1.29, 1.82) is 5.26 Å². The molecule has 8 rings (SSSR count). The molecule has 2 fully saturated rings. The van der Waals surface area contributed by atoms with Crippen molar-refractivity contribution in [3.63, 3.8) is 0 Å². The van der Waals surface area contributed by atoms with Gasteiger partial charge in [0.2, 0.25) is 23.6 Å². The highest BCUT2D eigenvalue weighted by Gasteiger charge is 2.33. The number of nitrogens with zero attached hydrogens (tertiary/aromatic N) is 4. The van der Waals surface area contributed by atoms with Crippen LogP contribution in [0.15, 0.2) is 59.0 Å². The summed E-state index contributed by atoms with van der Waals surface area (Å²) in [7, 11) is 1.57. The SMILES string of the molecule is COc1nc(O[C@H]2CCc3c(-c4cccc(-c5nc6cc(CN7CC(C(=O)O)C7)cc(C#N)c6o5)c4C)cccc32)c(Cl)cc1CNCC1CCC(=O)N1. The molecule has 2 aliphatic heterocycles. The van der Waals surface area contributed by atoms with E-state index in [1.165, 1.54) is 5.56 Å². The summed E-state index contributed by atoms with van der Waals surface area (Å²) in [6.45, 7) is 4.68. The van der Waals surface area contributed by atoms with Crippen molar-refractivity contribution < 1.29 is 28.6 Å². The van der Waals surface area contributed by atoms with Gasteiger partial charge in [-0.1, -0.05) is 41.9 Å². The maximum absolute atomic E-state index is 11.5. The van der Waals surface area contributed by atoms with E-state index in [0.29, 0.717) is 78.5 Å². The van der Waals surface area contributed by atoms with Gasteiger partial charge in [-0.2, -0.15) is 10.2 Å². The number of aliphatic carboxylic acids is 1. The first-order valence-electron chi connectivity index (χ1n) is 18.1. The number of fused-ring (bicyclic) bond motifs is 2. The number of benzene rings is 3. The van der Waals surface area contributed by atoms with Crippen LogP contribution in [0.25, 0.3) is 33.7 Å². The van der Waals surface area contributed by atoms with Gasteiger partial charge in [-0.15, -0.1) is 0 Å². The van der Waals surface area contributed by atoms with Gasteiger partial charge < -0.3 is 29.6 Å². The molecule has 2 aromatic heterocycles. The lowest BCUT2D eigenvalue weighted by atomic mass is 9.91. The van der Waals surface area contributed by atoms with E-state index in [1.807, 2.05) is 35.2 Å². The van der Waals surface area contributed by atoms with Crippen LogP contribution >= 0.6 is 11.6 Å². The highest BCUT2D eigenvalue weighted by molar-refractivity contribution is 6.31. The van der Waals surface area contributed by atoms with E-state index in [1.54, 1.807) is 13.2 Å². The van der Waals surface area contributed by atoms with E-state index in [2.05, 4.69) is 46.8 Å². The highest BCUT2D eigenvalue weighted by Crippen LogP contribution is 2.43. The van der Waals surface area contributed by atoms with Crippen molar-refractivity contribution in [3.05, 3.63) is 93.0 Å². The summed E-state index contributed by atoms with van der Waals surface area (Å²) < 4.78 is 18.4. The number of halogens is 1. The number of carboxylic acid groups (broad SMARTS) is 1. The Balaban J connectivity index is 1.02. The smallest absolute Gasteiger partial charge is 0.309 e. The molecule has 0 bridgehead atoms. The van der Waals surface area contributed by atoms with Crippen LogP contribution in [0.2, 0.25) is 5.02 Å². The van der Waals surface area contributed by atoms with Crippen LogP contribution in [-0.4, -0.2) is 64.6 Å². The van der Waals surface area contributed by atoms with Crippen LogP contribution in [-0.2, 0) is 29.1 Å². The summed E-state index contributed by atoms with van der Waals surface area (Å²) in [5.74, 6) is 0.119. The number of nitrogens with one attached hydrogen (secondary N) is 2. The van der Waals surface area contributed by atoms with Crippen LogP contribution in [0.4, 0.5) is 0 Å². The lowest BCUT2D eigenvalue weighted by Crippen LogP contribution is -2.49. The quantitative estimate of drug-likeness (QED) is 0.130. The van der Waals surface area contributed by atoms with Crippen molar-refractivity contribution in [2.75, 3.05) is 26.7 Å². The predicted molar refractivity (Wildman–Crippen MR) is 201 cm³/mol. The molecule has 276 valence electrons. The van der Waals surface area contributed by atoms with Crippen molar-refractivity contribution >= 4 is 34.6 Å². The molecule has 2 saturated heterocycles. The molecule has 1 unspecified atom stereocenters. The number of carbonyl (C=O) groups is 2. The van der Waals surface area contributed by atoms with Crippen molar-refractivity contribution in [2.45, 2.75) is 57.8 Å². The minimum absolute atomic E-state index is 0.0831. The third-order valence-electron chi connectivity index (χ3n) is 10.7. The number of carboxylic acids is 1. The molecule has 13 heteroatoms. The predicted octanol–water partition coefficient (Wildman–Crippen LogP) is 6.35. The molecule has 1 aliphatic carbocycles. The summed E-state index contributed by atoms with van der Waals surface area (Å²) in [5.41, 5.74) is 9.34. The number of ether oxygens (including phenoxy) is 2. The van der Waals surface area contributed by atoms with E-state index < -0.39 is 5.97 Å². The largest absolute Gasteiger partial charge is 0.481 e. The van der Waals surface area contributed by atoms with E-state index in [0.717, 1.165) is 58.2 Å². The summed E-state index contributed by atoms with van der Waals surface area (Å²) in [4.78, 5) is 34.3. The molecule has 2 atom stereocenters. The molecule has 0 radical (unpaired) electrons. The molecule has 3 aromatic carbocycles. The van der Waals surface area contributed by atoms with E-state index in [9.17, 15) is 20.0 Å². The Kier molecular flexibility index (Phi) is 9.70. The van der Waals surface area contributed by atoms with Gasteiger partial charge in [0, 0.05) is 56.3 Å². The Morgan fingerprint density at radius 1 is 1.09 bits per heavy atom. The Hall–Kier alpha value is -5.48. The average Bonchev–Trinajstić information content (AvgIpc) is 3.88. The van der Waals surface area contributed by atoms with Crippen LogP contribution in [0.1, 0.15) is 58.7 Å². The second-order valence-electron chi connectivity index (χ2n) is 14.2. The Morgan fingerprint density at radius 2 is 1.89 bits per heavy atom. The maximum atomic E-state index is 11.5. The lowest BCUT2D eigenvalue weighted by Gasteiger charge is -2.36. The Bertz CT molecular complexity index is 2330. The second kappa shape index (κ2) is 14.7. The summed E-state index contributed by atoms with van der Waals surface area (Å²) >= 11 is 6.73. The van der Waals surface area contributed by atoms with Gasteiger partial charge in [0.05, 0.1) is 18.6 Å². The van der Waals surface area contributed by atoms with Gasteiger partial charge >= 0.3 is 5.97 Å². The van der Waals surface area contributed by atoms with Gasteiger partial charge in [-0.3, -0.25) is 14.5 Å². The minimum atomic E-state index is -0.782. The number of nitriles is 1. The van der Waals surface area contributed by atoms with E-state index in [4.69, 9.17) is 30.5 Å². The fourth-order valence-electron chi connectivity index (χ4n) is 7.87. The number of aromatic nitrogens is 2. The molecule has 0 spiro atoms. The zero-order valence-corrected chi connectivity index (χ0v) is 30.7. The van der Waals surface area contributed by atoms with Crippen LogP contribution in [0.3, 0.4) is 0 Å². The van der Waals surface area contributed by atoms with Gasteiger partial charge in [0.25, 0.3) is 0 Å². The molecule has 3 aliphatic rings. The van der Waals surface area contributed by atoms with Gasteiger partial charge in [-0.25, -0.2) is 4.98 Å². The standard InChI is InChI=1S/C41H39ClN6O6/c1-22-28(5-3-6-29(22)39-46-34-14-23(13-24(16-43)37(34)54-39)19-48-20-26(21-48)41(50)51)30-7-4-8-32-31(30)10-11-35(32)53-40-33(42)15-25(38(47-40)52-2)17-44-18-27-9-12-36(49)45-27/h3-8,13-15,26-27,35,44H,9-12,17-21H2,1-2H3,(H,45,49)(H,50,51)/t27?,35-/m0/s1. The second-order valence-corrected chi connectivity index (χ2v) is 14.6. The number of pyridine rings is 1. The first kappa shape index (κ1) is 35.5. The van der Waals surface area contributed by atoms with Crippen molar-refractivity contribution in [1.82, 2.24) is 25.5 Å². The van der Waals surface area contributed by atoms with Gasteiger partial charge in [-0.05, 0) is 83.8 Å². The first-order chi connectivity index (χ1) is 26.2. The third-order valence-corrected chi connectivity index (χ3v) is 10.9. The monoisotopic (exact) mass is 746 g/mol. The number of rotatable bonds is 12. The molecular formula is C41H39ClN6O6. The molecule has 12 nitrogen and oxygen atoms in total. The summed E-state index contributed by atoms with van der Waals surface area (Å²) in [6.07, 6.45) is 2.67. The number of amides is 1. The Labute approximate surface area is 317 Å². The number of methoxy groups -OCH3 is 1. The molecule has 0 saturated carbocycles. The van der Waals surface area contributed by atoms with Crippen LogP contribution < -0.4 is 20.1 Å². The van der Waals surface area contributed by atoms with E-state index in [-0.39, 0.29) is 24.0 Å². The lowest BCUT2D eigenvalue weighted by molar-refractivity contribution is -0.147. The first-order valence-corrected chi connectivity index (χ1v) is 18.5. The summed E-state index contributed by atoms with van der Waals surface area (Å²) in [5, 5.41) is 25.9. The number of oxazole rings is 1. The molecule has 54 heavy (non-hydrogen) atoms. The maximum Gasteiger partial charge on any atom is 0.309 e. The zero-order chi connectivity index (χ0) is 37.5. The highest BCUT2D eigenvalue weighted by atomic mass is 35.5. The van der Waals surface area contributed by atoms with Crippen LogP contribution in [0.5, 0.6) is 11.8 Å². The summed E-state index contributed by atoms with van der Waals surface area (Å²) in [6, 6.07) is 20.2. The molecule has 3 N–H and O–H groups in total. The molecule has 4 heterocycles. The fourth-order valence-corrected chi connectivity index (χ4v) is 8.09. The van der Waals surface area contributed by atoms with E-state index >= 15 is 0 Å². The number of hydrogen-bond acceptors (Lipinski definition) is 10. The molecule has 1 amide bonds. The number of likely N-dealkylation sites (tertiary alicyclic amines) is 1. The normalized spacial score (nSPS) is 18.3.